The molecule has 0 aromatic carbocycles. The predicted octanol–water partition coefficient (Wildman–Crippen LogP) is 2.99. The first-order valence-corrected chi connectivity index (χ1v) is 6.97. The van der Waals surface area contributed by atoms with Crippen LogP contribution < -0.4 is 0 Å². The van der Waals surface area contributed by atoms with E-state index in [0.717, 1.165) is 6.42 Å². The Balaban J connectivity index is 4.52. The van der Waals surface area contributed by atoms with E-state index in [1.807, 2.05) is 20.8 Å². The maximum atomic E-state index is 10.2. The van der Waals surface area contributed by atoms with Crippen LogP contribution >= 0.6 is 0 Å². The molecule has 3 heteroatoms. The van der Waals surface area contributed by atoms with Gasteiger partial charge in [0.2, 0.25) is 0 Å². The third-order valence-electron chi connectivity index (χ3n) is 4.84. The monoisotopic (exact) mass is 260 g/mol. The highest BCUT2D eigenvalue weighted by Crippen LogP contribution is 2.37. The highest BCUT2D eigenvalue weighted by Gasteiger charge is 2.38. The van der Waals surface area contributed by atoms with E-state index in [2.05, 4.69) is 27.7 Å². The van der Waals surface area contributed by atoms with Gasteiger partial charge in [-0.25, -0.2) is 0 Å². The minimum atomic E-state index is -0.683. The summed E-state index contributed by atoms with van der Waals surface area (Å²) < 4.78 is 6.03. The van der Waals surface area contributed by atoms with Gasteiger partial charge in [-0.15, -0.1) is 0 Å². The van der Waals surface area contributed by atoms with Crippen LogP contribution in [0.5, 0.6) is 0 Å². The minimum absolute atomic E-state index is 0.0895. The molecule has 2 unspecified atom stereocenters. The van der Waals surface area contributed by atoms with Gasteiger partial charge in [0.25, 0.3) is 0 Å². The minimum Gasteiger partial charge on any atom is -0.396 e. The van der Waals surface area contributed by atoms with Crippen molar-refractivity contribution < 1.29 is 14.9 Å². The van der Waals surface area contributed by atoms with E-state index >= 15 is 0 Å². The van der Waals surface area contributed by atoms with Crippen molar-refractivity contribution in [3.05, 3.63) is 0 Å². The molecule has 0 radical (unpaired) electrons. The summed E-state index contributed by atoms with van der Waals surface area (Å²) >= 11 is 0. The third-order valence-corrected chi connectivity index (χ3v) is 4.84. The van der Waals surface area contributed by atoms with Gasteiger partial charge in [0, 0.05) is 12.5 Å². The lowest BCUT2D eigenvalue weighted by Crippen LogP contribution is -2.45. The van der Waals surface area contributed by atoms with Crippen molar-refractivity contribution in [3.8, 4) is 0 Å². The lowest BCUT2D eigenvalue weighted by molar-refractivity contribution is -0.135. The quantitative estimate of drug-likeness (QED) is 0.705. The molecule has 0 aliphatic carbocycles. The number of hydrogen-bond donors (Lipinski definition) is 2. The molecule has 0 spiro atoms. The maximum absolute atomic E-state index is 10.2. The SMILES string of the molecule is CCC(C)(O)C(C)COC(C)(C)C(C)(C)CCO. The van der Waals surface area contributed by atoms with E-state index in [4.69, 9.17) is 9.84 Å². The van der Waals surface area contributed by atoms with Crippen molar-refractivity contribution in [1.29, 1.82) is 0 Å². The Hall–Kier alpha value is -0.120. The Morgan fingerprint density at radius 1 is 1.11 bits per heavy atom. The van der Waals surface area contributed by atoms with Crippen molar-refractivity contribution in [2.75, 3.05) is 13.2 Å². The second kappa shape index (κ2) is 6.36. The Morgan fingerprint density at radius 2 is 1.61 bits per heavy atom. The van der Waals surface area contributed by atoms with E-state index in [9.17, 15) is 5.11 Å². The number of ether oxygens (including phenoxy) is 1. The normalized spacial score (nSPS) is 18.5. The van der Waals surface area contributed by atoms with Gasteiger partial charge < -0.3 is 14.9 Å². The summed E-state index contributed by atoms with van der Waals surface area (Å²) in [5.74, 6) is 0.0895. The lowest BCUT2D eigenvalue weighted by Gasteiger charge is -2.43. The van der Waals surface area contributed by atoms with Crippen molar-refractivity contribution in [3.63, 3.8) is 0 Å². The maximum Gasteiger partial charge on any atom is 0.0678 e. The zero-order valence-corrected chi connectivity index (χ0v) is 13.2. The average Bonchev–Trinajstić information content (AvgIpc) is 2.25. The first-order chi connectivity index (χ1) is 8.00. The van der Waals surface area contributed by atoms with Crippen molar-refractivity contribution >= 4 is 0 Å². The van der Waals surface area contributed by atoms with Crippen molar-refractivity contribution in [2.24, 2.45) is 11.3 Å². The first-order valence-electron chi connectivity index (χ1n) is 6.97. The second-order valence-corrected chi connectivity index (χ2v) is 6.79. The number of rotatable bonds is 8. The molecule has 0 saturated carbocycles. The average molecular weight is 260 g/mol. The lowest BCUT2D eigenvalue weighted by atomic mass is 9.74. The molecule has 0 rings (SSSR count). The summed E-state index contributed by atoms with van der Waals surface area (Å²) in [6.07, 6.45) is 1.43. The zero-order valence-electron chi connectivity index (χ0n) is 13.2. The summed E-state index contributed by atoms with van der Waals surface area (Å²) in [6, 6.07) is 0. The van der Waals surface area contributed by atoms with E-state index in [-0.39, 0.29) is 23.5 Å². The van der Waals surface area contributed by atoms with Gasteiger partial charge in [0.05, 0.1) is 17.8 Å². The molecular formula is C15H32O3. The molecule has 2 atom stereocenters. The fourth-order valence-electron chi connectivity index (χ4n) is 1.64. The van der Waals surface area contributed by atoms with Crippen LogP contribution in [0.4, 0.5) is 0 Å². The third kappa shape index (κ3) is 4.52. The Kier molecular flexibility index (Phi) is 6.31. The molecule has 0 aliphatic heterocycles. The van der Waals surface area contributed by atoms with E-state index in [0.29, 0.717) is 13.0 Å². The summed E-state index contributed by atoms with van der Waals surface area (Å²) in [4.78, 5) is 0. The fourth-order valence-corrected chi connectivity index (χ4v) is 1.64. The van der Waals surface area contributed by atoms with Gasteiger partial charge in [0.15, 0.2) is 0 Å². The molecule has 0 bridgehead atoms. The van der Waals surface area contributed by atoms with Gasteiger partial charge in [-0.1, -0.05) is 27.7 Å². The molecule has 0 fully saturated rings. The van der Waals surface area contributed by atoms with Gasteiger partial charge in [0.1, 0.15) is 0 Å². The molecule has 0 amide bonds. The highest BCUT2D eigenvalue weighted by atomic mass is 16.5. The summed E-state index contributed by atoms with van der Waals surface area (Å²) in [7, 11) is 0. The standard InChI is InChI=1S/C15H32O3/c1-8-15(7,17)12(2)11-18-14(5,6)13(3,4)9-10-16/h12,16-17H,8-11H2,1-7H3. The van der Waals surface area contributed by atoms with Crippen LogP contribution in [-0.4, -0.2) is 34.6 Å². The predicted molar refractivity (Wildman–Crippen MR) is 75.6 cm³/mol. The topological polar surface area (TPSA) is 49.7 Å². The van der Waals surface area contributed by atoms with Crippen molar-refractivity contribution in [1.82, 2.24) is 0 Å². The molecular weight excluding hydrogens is 228 g/mol. The number of hydrogen-bond acceptors (Lipinski definition) is 3. The van der Waals surface area contributed by atoms with Crippen LogP contribution in [0, 0.1) is 11.3 Å². The van der Waals surface area contributed by atoms with Crippen LogP contribution in [-0.2, 0) is 4.74 Å². The van der Waals surface area contributed by atoms with Gasteiger partial charge in [-0.2, -0.15) is 0 Å². The molecule has 0 aromatic heterocycles. The number of aliphatic hydroxyl groups is 2. The van der Waals surface area contributed by atoms with E-state index in [1.54, 1.807) is 0 Å². The van der Waals surface area contributed by atoms with Crippen LogP contribution in [0.15, 0.2) is 0 Å². The molecule has 0 aromatic rings. The van der Waals surface area contributed by atoms with Crippen LogP contribution in [0.2, 0.25) is 0 Å². The molecule has 2 N–H and O–H groups in total. The smallest absolute Gasteiger partial charge is 0.0678 e. The van der Waals surface area contributed by atoms with E-state index < -0.39 is 5.60 Å². The molecule has 0 aliphatic rings. The molecule has 110 valence electrons. The van der Waals surface area contributed by atoms with Crippen LogP contribution in [0.1, 0.15) is 61.3 Å². The second-order valence-electron chi connectivity index (χ2n) is 6.79. The first kappa shape index (κ1) is 17.9. The van der Waals surface area contributed by atoms with Crippen LogP contribution in [0.25, 0.3) is 0 Å². The fraction of sp³-hybridized carbons (Fsp3) is 1.00. The summed E-state index contributed by atoms with van der Waals surface area (Å²) in [6.45, 7) is 14.9. The van der Waals surface area contributed by atoms with Crippen molar-refractivity contribution in [2.45, 2.75) is 72.5 Å². The molecule has 0 saturated heterocycles. The van der Waals surface area contributed by atoms with E-state index in [1.165, 1.54) is 0 Å². The molecule has 3 nitrogen and oxygen atoms in total. The van der Waals surface area contributed by atoms with Gasteiger partial charge in [-0.05, 0) is 39.0 Å². The Labute approximate surface area is 113 Å². The summed E-state index contributed by atoms with van der Waals surface area (Å²) in [5.41, 5.74) is -1.11. The molecule has 18 heavy (non-hydrogen) atoms. The van der Waals surface area contributed by atoms with Gasteiger partial charge in [-0.3, -0.25) is 0 Å². The number of aliphatic hydroxyl groups excluding tert-OH is 1. The van der Waals surface area contributed by atoms with Gasteiger partial charge >= 0.3 is 0 Å². The Morgan fingerprint density at radius 3 is 2.00 bits per heavy atom. The Bertz CT molecular complexity index is 244. The molecule has 0 heterocycles. The zero-order chi connectivity index (χ0) is 14.6. The van der Waals surface area contributed by atoms with Crippen LogP contribution in [0.3, 0.4) is 0 Å². The highest BCUT2D eigenvalue weighted by molar-refractivity contribution is 4.88. The summed E-state index contributed by atoms with van der Waals surface area (Å²) in [5, 5.41) is 19.3. The largest absolute Gasteiger partial charge is 0.396 e.